The molecule has 8 heterocycles. The summed E-state index contributed by atoms with van der Waals surface area (Å²) in [5, 5.41) is 31.0. The van der Waals surface area contributed by atoms with Gasteiger partial charge in [-0.1, -0.05) is 258 Å². The molecule has 0 unspecified atom stereocenters. The van der Waals surface area contributed by atoms with Crippen molar-refractivity contribution in [3.05, 3.63) is 494 Å². The number of benzene rings is 12. The van der Waals surface area contributed by atoms with Gasteiger partial charge in [-0.3, -0.25) is 34.3 Å². The van der Waals surface area contributed by atoms with E-state index in [4.69, 9.17) is 30.3 Å². The Bertz CT molecular complexity index is 7630. The summed E-state index contributed by atoms with van der Waals surface area (Å²) in [6, 6.07) is 139. The van der Waals surface area contributed by atoms with Crippen LogP contribution in [0.3, 0.4) is 0 Å². The second-order valence-electron chi connectivity index (χ2n) is 34.3. The number of allylic oxidation sites excluding steroid dienone is 6. The maximum atomic E-state index is 10.0. The predicted octanol–water partition coefficient (Wildman–Crippen LogP) is 29.1. The van der Waals surface area contributed by atoms with Gasteiger partial charge >= 0.3 is 5.82 Å². The minimum Gasteiger partial charge on any atom is -0.512 e. The smallest absolute Gasteiger partial charge is 0.307 e. The second-order valence-corrected chi connectivity index (χ2v) is 34.3. The van der Waals surface area contributed by atoms with E-state index in [1.165, 1.54) is 120 Å². The Morgan fingerprint density at radius 1 is 0.318 bits per heavy atom. The molecule has 148 heavy (non-hydrogen) atoms. The molecular formula is C127H109Ir5N10O6-5. The summed E-state index contributed by atoms with van der Waals surface area (Å²) in [7, 11) is 2.01. The Hall–Kier alpha value is -14.6. The summed E-state index contributed by atoms with van der Waals surface area (Å²) in [4.78, 5) is 70.9. The van der Waals surface area contributed by atoms with Crippen molar-refractivity contribution in [1.82, 2.24) is 44.9 Å². The molecule has 1 aliphatic rings. The molecule has 5 radical (unpaired) electrons. The first kappa shape index (κ1) is 119. The first-order valence-corrected chi connectivity index (χ1v) is 46.6. The van der Waals surface area contributed by atoms with Gasteiger partial charge in [0.1, 0.15) is 0 Å². The number of nitrogens with zero attached hydrogens (tertiary/aromatic N) is 10. The van der Waals surface area contributed by atoms with Crippen LogP contribution < -0.4 is 4.57 Å². The summed E-state index contributed by atoms with van der Waals surface area (Å²) < 4.78 is 2.05. The minimum absolute atomic E-state index is 0. The number of aliphatic hydroxyl groups excluding tert-OH is 3. The number of hydrogen-bond donors (Lipinski definition) is 3. The fourth-order valence-corrected chi connectivity index (χ4v) is 15.7. The van der Waals surface area contributed by atoms with Crippen LogP contribution in [0, 0.1) is 64.1 Å². The number of aryl methyl sites for hydroxylation is 4. The molecular weight excluding hydrogens is 2720 g/mol. The van der Waals surface area contributed by atoms with Crippen molar-refractivity contribution in [2.24, 2.45) is 7.05 Å². The van der Waals surface area contributed by atoms with Crippen molar-refractivity contribution in [3.63, 3.8) is 0 Å². The Balaban J connectivity index is 0.000000211. The summed E-state index contributed by atoms with van der Waals surface area (Å²) in [6.07, 6.45) is 14.3. The molecule has 0 bridgehead atoms. The number of para-hydroxylation sites is 1. The van der Waals surface area contributed by atoms with E-state index in [2.05, 4.69) is 272 Å². The van der Waals surface area contributed by atoms with E-state index in [0.717, 1.165) is 123 Å². The fourth-order valence-electron chi connectivity index (χ4n) is 15.7. The van der Waals surface area contributed by atoms with Gasteiger partial charge < -0.3 is 30.3 Å². The van der Waals surface area contributed by atoms with Crippen molar-refractivity contribution in [2.75, 3.05) is 0 Å². The molecule has 0 saturated heterocycles. The fraction of sp³-hybridized carbons (Fsp3) is 0.110. The molecule has 1 aliphatic carbocycles. The molecule has 753 valence electrons. The first-order chi connectivity index (χ1) is 69.2. The van der Waals surface area contributed by atoms with Gasteiger partial charge in [-0.2, -0.15) is 0 Å². The van der Waals surface area contributed by atoms with Crippen LogP contribution in [0.2, 0.25) is 0 Å². The van der Waals surface area contributed by atoms with Gasteiger partial charge in [0.15, 0.2) is 17.3 Å². The van der Waals surface area contributed by atoms with Crippen LogP contribution in [0.15, 0.2) is 425 Å². The van der Waals surface area contributed by atoms with Crippen molar-refractivity contribution in [3.8, 4) is 124 Å². The van der Waals surface area contributed by atoms with E-state index in [-0.39, 0.29) is 141 Å². The molecule has 20 aromatic rings. The normalized spacial score (nSPS) is 10.9. The predicted molar refractivity (Wildman–Crippen MR) is 578 cm³/mol. The van der Waals surface area contributed by atoms with Crippen LogP contribution in [-0.2, 0) is 127 Å². The molecule has 0 atom stereocenters. The largest absolute Gasteiger partial charge is 0.512 e. The standard InChI is InChI=1S/C29H24N4.C24H18N.C16H11N2.2C16H12N.C11H8N.3C5H8O2.5Ir/c1-20-7-11-23(12-8-20)27-31-28(24-13-9-21(2)10-14-24)33(3)29(32-27)25-17-15-22(16-18-25)26-6-4-5-19-30-26;1-24(2)20-9-5-4-8-18(20)19-13-11-17(15-21(19)24)23-14-12-16-7-3-6-10-22(16)25-23;1-2-6-13(7-3-1)16-12-14(9-11-18-16)15-8-4-5-10-17-15;1-12-10-14(16-8-4-5-9-17-16)11-13-6-2-3-7-15(12)13;1-12-10-13-6-2-3-7-14(13)11-15(12)16-8-4-5-9-17-16;1-2-6-10(7-3-1)11-8-4-5-9-12-11;3*1-4(6)3-5(2)7;;;;;/h4-15,17-19H,1-3H3;3-10,12-15H,1-2H3;1-6,8-12H;2*2-10H,1H3;1-6,8-9H;3*3,6H,1-2H3;;;;;/q;5*-1;;;;;;;;. The monoisotopic (exact) mass is 2830 g/mol. The Morgan fingerprint density at radius 3 is 1.28 bits per heavy atom. The maximum Gasteiger partial charge on any atom is 0.307 e. The second kappa shape index (κ2) is 59.2. The van der Waals surface area contributed by atoms with Crippen LogP contribution in [0.5, 0.6) is 0 Å². The van der Waals surface area contributed by atoms with Gasteiger partial charge in [-0.25, -0.2) is 4.57 Å². The molecule has 21 rings (SSSR count). The molecule has 0 aliphatic heterocycles. The van der Waals surface area contributed by atoms with E-state index in [1.54, 1.807) is 24.8 Å². The summed E-state index contributed by atoms with van der Waals surface area (Å²) in [6.45, 7) is 21.5. The summed E-state index contributed by atoms with van der Waals surface area (Å²) in [5.74, 6) is 2.21. The zero-order valence-electron chi connectivity index (χ0n) is 83.9. The molecule has 0 saturated carbocycles. The number of ketones is 3. The van der Waals surface area contributed by atoms with Crippen molar-refractivity contribution >= 4 is 49.8 Å². The van der Waals surface area contributed by atoms with E-state index >= 15 is 0 Å². The number of aliphatic hydroxyl groups is 3. The Labute approximate surface area is 934 Å². The zero-order chi connectivity index (χ0) is 101. The van der Waals surface area contributed by atoms with E-state index in [9.17, 15) is 14.4 Å². The van der Waals surface area contributed by atoms with Crippen LogP contribution in [0.25, 0.3) is 157 Å². The Morgan fingerprint density at radius 2 is 0.764 bits per heavy atom. The minimum atomic E-state index is -0.125. The number of fused-ring (bicyclic) bond motifs is 6. The quantitative estimate of drug-likeness (QED) is 0.0422. The zero-order valence-corrected chi connectivity index (χ0v) is 95.9. The van der Waals surface area contributed by atoms with E-state index < -0.39 is 0 Å². The van der Waals surface area contributed by atoms with Gasteiger partial charge in [-0.15, -0.1) is 189 Å². The van der Waals surface area contributed by atoms with Gasteiger partial charge in [0.2, 0.25) is 5.82 Å². The van der Waals surface area contributed by atoms with Crippen molar-refractivity contribution in [1.29, 1.82) is 0 Å². The average molecular weight is 2830 g/mol. The number of carbonyl (C=O) groups excluding carboxylic acids is 3. The molecule has 0 fully saturated rings. The average Bonchev–Trinajstić information content (AvgIpc) is 1.58. The molecule has 12 aromatic carbocycles. The van der Waals surface area contributed by atoms with Gasteiger partial charge in [0.05, 0.1) is 46.7 Å². The SMILES string of the molecule is CC(=O)C=C(C)O.CC(=O)C=C(C)O.CC(=O)C=C(C)O.CC1(C)c2ccccc2-c2c[c-]c(-c3ccc4ccccc4n3)cc21.Cc1cc(-c2ccccn2)[c-]c2ccccc12.Cc1cc2ccccc2[c-]c1-c1ccccn1.Cc1ccc(-c2nc(-c3c[c-]c(-c4ccccn4)cc3)[n+](C)c(-c3ccc(C)cc3)n2)cc1.[Ir].[Ir].[Ir].[Ir].[Ir].[c-]1ccccc1-c1cc(-c2ccccn2)ccn1.[c-]1ccccc1-c1ccccn1. The number of pyridine rings is 7. The van der Waals surface area contributed by atoms with Crippen LogP contribution in [0.1, 0.15) is 88.8 Å². The third kappa shape index (κ3) is 34.2. The maximum absolute atomic E-state index is 10.0. The molecule has 0 amide bonds. The molecule has 3 N–H and O–H groups in total. The topological polar surface area (TPSA) is 232 Å². The molecule has 8 aromatic heterocycles. The van der Waals surface area contributed by atoms with Crippen molar-refractivity contribution < 1.29 is 135 Å². The van der Waals surface area contributed by atoms with Crippen molar-refractivity contribution in [2.45, 2.75) is 88.5 Å². The van der Waals surface area contributed by atoms with E-state index in [1.807, 2.05) is 212 Å². The third-order valence-corrected chi connectivity index (χ3v) is 22.5. The Kier molecular flexibility index (Phi) is 47.5. The van der Waals surface area contributed by atoms with Crippen LogP contribution >= 0.6 is 0 Å². The number of aromatic nitrogens is 10. The summed E-state index contributed by atoms with van der Waals surface area (Å²) >= 11 is 0. The van der Waals surface area contributed by atoms with Gasteiger partial charge in [-0.05, 0) is 178 Å². The van der Waals surface area contributed by atoms with Crippen LogP contribution in [0.4, 0.5) is 0 Å². The number of hydrogen-bond acceptors (Lipinski definition) is 15. The van der Waals surface area contributed by atoms with Gasteiger partial charge in [0, 0.05) is 167 Å². The van der Waals surface area contributed by atoms with Crippen LogP contribution in [-0.4, -0.2) is 77.5 Å². The number of carbonyl (C=O) groups is 3. The molecule has 16 nitrogen and oxygen atoms in total. The first-order valence-electron chi connectivity index (χ1n) is 46.6. The summed E-state index contributed by atoms with van der Waals surface area (Å²) in [5.41, 5.74) is 28.3. The molecule has 0 spiro atoms. The van der Waals surface area contributed by atoms with E-state index in [0.29, 0.717) is 5.82 Å². The number of rotatable bonds is 13. The third-order valence-electron chi connectivity index (χ3n) is 22.5. The molecule has 21 heteroatoms. The van der Waals surface area contributed by atoms with Gasteiger partial charge in [0.25, 0.3) is 5.82 Å².